The van der Waals surface area contributed by atoms with Gasteiger partial charge in [-0.25, -0.2) is 13.9 Å². The van der Waals surface area contributed by atoms with Crippen LogP contribution in [-0.4, -0.2) is 45.3 Å². The van der Waals surface area contributed by atoms with Crippen LogP contribution >= 0.6 is 23.1 Å². The Morgan fingerprint density at radius 3 is 2.56 bits per heavy atom. The highest BCUT2D eigenvalue weighted by molar-refractivity contribution is 7.99. The van der Waals surface area contributed by atoms with E-state index in [1.54, 1.807) is 11.3 Å². The molecule has 1 aliphatic heterocycles. The predicted octanol–water partition coefficient (Wildman–Crippen LogP) is 5.71. The molecule has 184 valence electrons. The van der Waals surface area contributed by atoms with Gasteiger partial charge < -0.3 is 9.47 Å². The van der Waals surface area contributed by atoms with Gasteiger partial charge in [0.15, 0.2) is 0 Å². The number of fused-ring (bicyclic) bond motifs is 1. The van der Waals surface area contributed by atoms with Crippen molar-refractivity contribution in [2.75, 3.05) is 31.3 Å². The number of benzene rings is 2. The molecule has 0 bridgehead atoms. The van der Waals surface area contributed by atoms with E-state index in [-0.39, 0.29) is 10.3 Å². The minimum atomic E-state index is -1.14. The Balaban J connectivity index is 1.37. The quantitative estimate of drug-likeness (QED) is 0.349. The molecular formula is C26H34N2O3S3. The first-order chi connectivity index (χ1) is 16.4. The van der Waals surface area contributed by atoms with Crippen molar-refractivity contribution in [3.8, 4) is 5.75 Å². The predicted molar refractivity (Wildman–Crippen MR) is 145 cm³/mol. The zero-order valence-electron chi connectivity index (χ0n) is 20.2. The molecule has 1 aliphatic rings. The number of nitrogens with zero attached hydrogens (tertiary/aromatic N) is 1. The molecule has 0 radical (unpaired) electrons. The average Bonchev–Trinajstić information content (AvgIpc) is 3.26. The number of aromatic nitrogens is 1. The number of thioether (sulfide) groups is 1. The standard InChI is InChI=1S/C26H34N2O3S3/c1-25(2,3)34(29)28-26(12-17-32-18-13-26)24-27-22-10-9-20(19-23(22)33-24)11-14-30-15-16-31-21-7-5-4-6-8-21/h4-10,19,28H,11-18H2,1-3H3. The highest BCUT2D eigenvalue weighted by Crippen LogP contribution is 2.40. The van der Waals surface area contributed by atoms with Gasteiger partial charge in [-0.05, 0) is 81.4 Å². The van der Waals surface area contributed by atoms with Crippen molar-refractivity contribution in [2.45, 2.75) is 50.3 Å². The molecule has 8 heteroatoms. The lowest BCUT2D eigenvalue weighted by atomic mass is 9.94. The maximum atomic E-state index is 13.0. The van der Waals surface area contributed by atoms with Crippen LogP contribution in [0.5, 0.6) is 5.75 Å². The largest absolute Gasteiger partial charge is 0.491 e. The van der Waals surface area contributed by atoms with E-state index in [4.69, 9.17) is 14.5 Å². The summed E-state index contributed by atoms with van der Waals surface area (Å²) in [5.41, 5.74) is 1.95. The van der Waals surface area contributed by atoms with E-state index in [1.807, 2.05) is 62.9 Å². The van der Waals surface area contributed by atoms with Crippen molar-refractivity contribution >= 4 is 44.3 Å². The topological polar surface area (TPSA) is 60.5 Å². The van der Waals surface area contributed by atoms with E-state index in [0.717, 1.165) is 47.0 Å². The molecule has 34 heavy (non-hydrogen) atoms. The lowest BCUT2D eigenvalue weighted by molar-refractivity contribution is 0.102. The van der Waals surface area contributed by atoms with Crippen molar-refractivity contribution in [1.29, 1.82) is 0 Å². The number of rotatable bonds is 10. The number of ether oxygens (including phenoxy) is 2. The summed E-state index contributed by atoms with van der Waals surface area (Å²) in [5, 5.41) is 1.06. The molecule has 2 heterocycles. The van der Waals surface area contributed by atoms with Gasteiger partial charge in [-0.2, -0.15) is 11.8 Å². The van der Waals surface area contributed by atoms with Gasteiger partial charge in [0.2, 0.25) is 0 Å². The van der Waals surface area contributed by atoms with E-state index < -0.39 is 11.0 Å². The Morgan fingerprint density at radius 1 is 1.06 bits per heavy atom. The molecule has 1 aromatic heterocycles. The SMILES string of the molecule is CC(C)(C)S(=O)NC1(c2nc3ccc(CCOCCOc4ccccc4)cc3s2)CCSCC1. The van der Waals surface area contributed by atoms with Crippen molar-refractivity contribution in [3.63, 3.8) is 0 Å². The number of nitrogens with one attached hydrogen (secondary N) is 1. The van der Waals surface area contributed by atoms with Crippen LogP contribution in [0.15, 0.2) is 48.5 Å². The lowest BCUT2D eigenvalue weighted by Crippen LogP contribution is -2.50. The molecule has 0 amide bonds. The Kier molecular flexibility index (Phi) is 8.69. The highest BCUT2D eigenvalue weighted by Gasteiger charge is 2.40. The first-order valence-electron chi connectivity index (χ1n) is 11.8. The van der Waals surface area contributed by atoms with Crippen molar-refractivity contribution in [1.82, 2.24) is 9.71 Å². The molecule has 1 saturated heterocycles. The van der Waals surface area contributed by atoms with Crippen molar-refractivity contribution in [2.24, 2.45) is 0 Å². The van der Waals surface area contributed by atoms with Crippen LogP contribution < -0.4 is 9.46 Å². The minimum absolute atomic E-state index is 0.310. The molecule has 2 aromatic carbocycles. The molecule has 1 fully saturated rings. The Morgan fingerprint density at radius 2 is 1.82 bits per heavy atom. The molecule has 1 atom stereocenters. The van der Waals surface area contributed by atoms with Crippen LogP contribution in [0.25, 0.3) is 10.2 Å². The second-order valence-corrected chi connectivity index (χ2v) is 13.7. The smallest absolute Gasteiger partial charge is 0.119 e. The van der Waals surface area contributed by atoms with Gasteiger partial charge >= 0.3 is 0 Å². The molecule has 1 N–H and O–H groups in total. The summed E-state index contributed by atoms with van der Waals surface area (Å²) in [7, 11) is -1.14. The molecule has 0 saturated carbocycles. The van der Waals surface area contributed by atoms with Crippen molar-refractivity contribution in [3.05, 3.63) is 59.1 Å². The molecular weight excluding hydrogens is 484 g/mol. The molecule has 1 unspecified atom stereocenters. The lowest BCUT2D eigenvalue weighted by Gasteiger charge is -2.37. The van der Waals surface area contributed by atoms with Gasteiger partial charge in [-0.3, -0.25) is 0 Å². The number of para-hydroxylation sites is 1. The number of hydrogen-bond acceptors (Lipinski definition) is 6. The molecule has 0 aliphatic carbocycles. The first kappa shape index (κ1) is 25.6. The molecule has 0 spiro atoms. The first-order valence-corrected chi connectivity index (χ1v) is 14.9. The summed E-state index contributed by atoms with van der Waals surface area (Å²) >= 11 is 3.70. The fourth-order valence-electron chi connectivity index (χ4n) is 3.77. The Hall–Kier alpha value is -1.45. The summed E-state index contributed by atoms with van der Waals surface area (Å²) in [4.78, 5) is 5.00. The van der Waals surface area contributed by atoms with Gasteiger partial charge in [-0.1, -0.05) is 24.3 Å². The van der Waals surface area contributed by atoms with E-state index >= 15 is 0 Å². The monoisotopic (exact) mass is 518 g/mol. The van der Waals surface area contributed by atoms with Crippen LogP contribution in [0.2, 0.25) is 0 Å². The second kappa shape index (κ2) is 11.5. The zero-order valence-corrected chi connectivity index (χ0v) is 22.6. The maximum Gasteiger partial charge on any atom is 0.119 e. The number of hydrogen-bond donors (Lipinski definition) is 1. The number of thiazole rings is 1. The Labute approximate surface area is 213 Å². The third kappa shape index (κ3) is 6.61. The highest BCUT2D eigenvalue weighted by atomic mass is 32.2. The van der Waals surface area contributed by atoms with Gasteiger partial charge in [0.25, 0.3) is 0 Å². The maximum absolute atomic E-state index is 13.0. The summed E-state index contributed by atoms with van der Waals surface area (Å²) in [5.74, 6) is 2.98. The van der Waals surface area contributed by atoms with Gasteiger partial charge in [0, 0.05) is 0 Å². The van der Waals surface area contributed by atoms with E-state index in [1.165, 1.54) is 10.3 Å². The Bertz CT molecular complexity index is 1090. The third-order valence-electron chi connectivity index (χ3n) is 5.83. The van der Waals surface area contributed by atoms with Crippen LogP contribution in [-0.2, 0) is 27.7 Å². The van der Waals surface area contributed by atoms with Gasteiger partial charge in [0.1, 0.15) is 17.4 Å². The van der Waals surface area contributed by atoms with Crippen LogP contribution in [0.3, 0.4) is 0 Å². The van der Waals surface area contributed by atoms with Crippen LogP contribution in [0.4, 0.5) is 0 Å². The summed E-state index contributed by atoms with van der Waals surface area (Å²) in [6.45, 7) is 7.82. The molecule has 4 rings (SSSR count). The van der Waals surface area contributed by atoms with Gasteiger partial charge in [-0.15, -0.1) is 11.3 Å². The zero-order chi connectivity index (χ0) is 24.0. The molecule has 5 nitrogen and oxygen atoms in total. The average molecular weight is 519 g/mol. The van der Waals surface area contributed by atoms with E-state index in [2.05, 4.69) is 22.9 Å². The van der Waals surface area contributed by atoms with Gasteiger partial charge in [0.05, 0.1) is 44.7 Å². The fourth-order valence-corrected chi connectivity index (χ4v) is 7.21. The fraction of sp³-hybridized carbons (Fsp3) is 0.500. The third-order valence-corrected chi connectivity index (χ3v) is 9.72. The van der Waals surface area contributed by atoms with Crippen molar-refractivity contribution < 1.29 is 13.7 Å². The van der Waals surface area contributed by atoms with E-state index in [9.17, 15) is 4.21 Å². The second-order valence-electron chi connectivity index (χ2n) is 9.52. The van der Waals surface area contributed by atoms with E-state index in [0.29, 0.717) is 19.8 Å². The minimum Gasteiger partial charge on any atom is -0.491 e. The summed E-state index contributed by atoms with van der Waals surface area (Å²) in [6, 6.07) is 16.3. The summed E-state index contributed by atoms with van der Waals surface area (Å²) in [6.07, 6.45) is 2.75. The normalized spacial score (nSPS) is 17.0. The molecule has 3 aromatic rings. The summed E-state index contributed by atoms with van der Waals surface area (Å²) < 4.78 is 28.8. The van der Waals surface area contributed by atoms with Crippen LogP contribution in [0, 0.1) is 0 Å². The van der Waals surface area contributed by atoms with Crippen LogP contribution in [0.1, 0.15) is 44.2 Å².